The van der Waals surface area contributed by atoms with Crippen molar-refractivity contribution in [2.75, 3.05) is 7.11 Å². The summed E-state index contributed by atoms with van der Waals surface area (Å²) >= 11 is 0. The largest absolute Gasteiger partial charge is 0.463 e. The highest BCUT2D eigenvalue weighted by Gasteiger charge is 2.05. The summed E-state index contributed by atoms with van der Waals surface area (Å²) in [5.41, 5.74) is 0. The summed E-state index contributed by atoms with van der Waals surface area (Å²) in [6, 6.07) is 3.18. The average Bonchev–Trinajstić information content (AvgIpc) is 2.48. The van der Waals surface area contributed by atoms with Crippen LogP contribution in [0.15, 0.2) is 36.9 Å². The van der Waals surface area contributed by atoms with Gasteiger partial charge in [0.25, 0.3) is 0 Å². The summed E-state index contributed by atoms with van der Waals surface area (Å²) in [7, 11) is 1.29. The third-order valence-electron chi connectivity index (χ3n) is 1.60. The molecule has 0 aliphatic carbocycles. The Kier molecular flexibility index (Phi) is 4.65. The van der Waals surface area contributed by atoms with Gasteiger partial charge in [-0.05, 0) is 12.1 Å². The maximum atomic E-state index is 10.7. The van der Waals surface area contributed by atoms with E-state index < -0.39 is 12.5 Å². The van der Waals surface area contributed by atoms with Crippen LogP contribution in [0, 0.1) is 0 Å². The van der Waals surface area contributed by atoms with Crippen LogP contribution in [0.2, 0.25) is 0 Å². The number of methoxy groups -OCH3 is 1. The molecule has 7 heteroatoms. The van der Waals surface area contributed by atoms with Crippen LogP contribution in [-0.2, 0) is 11.3 Å². The molecule has 1 N–H and O–H groups in total. The molecule has 18 heavy (non-hydrogen) atoms. The number of nitrogens with zero attached hydrogens (tertiary/aromatic N) is 4. The highest BCUT2D eigenvalue weighted by Crippen LogP contribution is 1.88. The Morgan fingerprint density at radius 3 is 2.11 bits per heavy atom. The first-order valence-corrected chi connectivity index (χ1v) is 4.80. The molecule has 0 saturated heterocycles. The smallest absolute Gasteiger partial charge is 0.376 e. The third-order valence-corrected chi connectivity index (χ3v) is 1.60. The van der Waals surface area contributed by atoms with Gasteiger partial charge in [0.1, 0.15) is 6.56 Å². The topological polar surface area (TPSA) is 98.1 Å². The Labute approximate surface area is 106 Å². The normalized spacial score (nSPS) is 11.4. The SMILES string of the molecule is COC(=O)c1ncccn1.[2H]C([2H])(O)c1ncccn1. The Hall–Kier alpha value is -2.41. The third kappa shape index (κ3) is 4.62. The molecule has 2 rings (SSSR count). The molecule has 7 nitrogen and oxygen atoms in total. The second-order valence-electron chi connectivity index (χ2n) is 2.75. The first-order chi connectivity index (χ1) is 9.45. The summed E-state index contributed by atoms with van der Waals surface area (Å²) < 4.78 is 17.9. The van der Waals surface area contributed by atoms with E-state index in [1.165, 1.54) is 31.9 Å². The van der Waals surface area contributed by atoms with Crippen LogP contribution in [0.5, 0.6) is 0 Å². The van der Waals surface area contributed by atoms with Crippen molar-refractivity contribution >= 4 is 5.97 Å². The lowest BCUT2D eigenvalue weighted by Crippen LogP contribution is -2.05. The lowest BCUT2D eigenvalue weighted by atomic mass is 10.6. The van der Waals surface area contributed by atoms with Crippen molar-refractivity contribution in [2.45, 2.75) is 6.56 Å². The average molecular weight is 250 g/mol. The number of rotatable bonds is 2. The van der Waals surface area contributed by atoms with Gasteiger partial charge in [-0.3, -0.25) is 0 Å². The van der Waals surface area contributed by atoms with E-state index in [2.05, 4.69) is 24.7 Å². The van der Waals surface area contributed by atoms with Crippen molar-refractivity contribution in [1.29, 1.82) is 0 Å². The summed E-state index contributed by atoms with van der Waals surface area (Å²) in [6.45, 7) is -2.43. The highest BCUT2D eigenvalue weighted by atomic mass is 16.5. The minimum absolute atomic E-state index is 0.0880. The molecular weight excluding hydrogens is 236 g/mol. The first kappa shape index (κ1) is 10.7. The van der Waals surface area contributed by atoms with Gasteiger partial charge in [0, 0.05) is 24.8 Å². The molecule has 0 radical (unpaired) electrons. The number of aromatic nitrogens is 4. The van der Waals surface area contributed by atoms with Crippen molar-refractivity contribution in [1.82, 2.24) is 19.9 Å². The van der Waals surface area contributed by atoms with E-state index in [0.717, 1.165) is 0 Å². The van der Waals surface area contributed by atoms with Crippen LogP contribution in [0.4, 0.5) is 0 Å². The predicted molar refractivity (Wildman–Crippen MR) is 61.3 cm³/mol. The standard InChI is InChI=1S/C6H6N2O2.C5H6N2O/c1-10-6(9)5-7-3-2-4-8-5;8-4-5-6-2-1-3-7-5/h2-4H,1H3;1-3,8H,4H2/i;4D2. The van der Waals surface area contributed by atoms with E-state index in [4.69, 9.17) is 7.85 Å². The van der Waals surface area contributed by atoms with Crippen LogP contribution in [0.25, 0.3) is 0 Å². The van der Waals surface area contributed by atoms with E-state index in [9.17, 15) is 4.79 Å². The molecule has 2 heterocycles. The minimum Gasteiger partial charge on any atom is -0.463 e. The molecule has 94 valence electrons. The summed E-state index contributed by atoms with van der Waals surface area (Å²) in [6.07, 6.45) is 5.71. The molecule has 0 fully saturated rings. The fourth-order valence-corrected chi connectivity index (χ4v) is 0.853. The van der Waals surface area contributed by atoms with Crippen molar-refractivity contribution in [2.24, 2.45) is 0 Å². The number of aliphatic hydroxyl groups is 1. The predicted octanol–water partition coefficient (Wildman–Crippen LogP) is 0.232. The Balaban J connectivity index is 0.000000200. The van der Waals surface area contributed by atoms with Crippen molar-refractivity contribution < 1.29 is 17.4 Å². The van der Waals surface area contributed by atoms with E-state index in [0.29, 0.717) is 0 Å². The van der Waals surface area contributed by atoms with Crippen LogP contribution < -0.4 is 0 Å². The number of carbonyl (C=O) groups excluding carboxylic acids is 1. The van der Waals surface area contributed by atoms with Crippen molar-refractivity contribution in [3.05, 3.63) is 48.6 Å². The molecule has 0 aromatic carbocycles. The highest BCUT2D eigenvalue weighted by molar-refractivity contribution is 5.84. The fraction of sp³-hybridized carbons (Fsp3) is 0.182. The Morgan fingerprint density at radius 1 is 1.22 bits per heavy atom. The molecule has 2 aromatic rings. The number of hydrogen-bond donors (Lipinski definition) is 1. The molecule has 0 bridgehead atoms. The number of carbonyl (C=O) groups is 1. The molecule has 0 aliphatic rings. The van der Waals surface area contributed by atoms with Gasteiger partial charge in [-0.2, -0.15) is 0 Å². The second kappa shape index (κ2) is 7.80. The molecule has 2 aromatic heterocycles. The van der Waals surface area contributed by atoms with Crippen LogP contribution in [0.3, 0.4) is 0 Å². The van der Waals surface area contributed by atoms with Gasteiger partial charge in [0.2, 0.25) is 5.82 Å². The maximum absolute atomic E-state index is 10.7. The minimum atomic E-state index is -2.43. The zero-order valence-electron chi connectivity index (χ0n) is 11.5. The first-order valence-electron chi connectivity index (χ1n) is 5.80. The molecule has 0 spiro atoms. The van der Waals surface area contributed by atoms with Crippen LogP contribution >= 0.6 is 0 Å². The van der Waals surface area contributed by atoms with Crippen molar-refractivity contribution in [3.63, 3.8) is 0 Å². The van der Waals surface area contributed by atoms with Crippen LogP contribution in [0.1, 0.15) is 19.2 Å². The van der Waals surface area contributed by atoms with Crippen LogP contribution in [-0.4, -0.2) is 38.1 Å². The molecule has 0 aliphatic heterocycles. The van der Waals surface area contributed by atoms with Gasteiger partial charge in [0.05, 0.1) is 9.85 Å². The van der Waals surface area contributed by atoms with E-state index >= 15 is 0 Å². The van der Waals surface area contributed by atoms with E-state index in [1.807, 2.05) is 0 Å². The van der Waals surface area contributed by atoms with Gasteiger partial charge in [0.15, 0.2) is 5.82 Å². The lowest BCUT2D eigenvalue weighted by molar-refractivity contribution is 0.0586. The molecule has 0 saturated carbocycles. The Morgan fingerprint density at radius 2 is 1.72 bits per heavy atom. The fourth-order valence-electron chi connectivity index (χ4n) is 0.853. The van der Waals surface area contributed by atoms with Gasteiger partial charge in [-0.25, -0.2) is 24.7 Å². The molecule has 0 unspecified atom stereocenters. The summed E-state index contributed by atoms with van der Waals surface area (Å²) in [5.74, 6) is -0.638. The lowest BCUT2D eigenvalue weighted by Gasteiger charge is -1.93. The second-order valence-corrected chi connectivity index (χ2v) is 2.75. The number of hydrogen-bond acceptors (Lipinski definition) is 7. The van der Waals surface area contributed by atoms with Gasteiger partial charge >= 0.3 is 5.97 Å². The number of esters is 1. The molecule has 0 amide bonds. The van der Waals surface area contributed by atoms with E-state index in [-0.39, 0.29) is 11.6 Å². The molecule has 0 atom stereocenters. The molecular formula is C11H12N4O3. The van der Waals surface area contributed by atoms with Gasteiger partial charge in [-0.1, -0.05) is 0 Å². The monoisotopic (exact) mass is 250 g/mol. The summed E-state index contributed by atoms with van der Waals surface area (Å²) in [4.78, 5) is 25.0. The quantitative estimate of drug-likeness (QED) is 0.762. The van der Waals surface area contributed by atoms with Gasteiger partial charge < -0.3 is 9.84 Å². The maximum Gasteiger partial charge on any atom is 0.376 e. The summed E-state index contributed by atoms with van der Waals surface area (Å²) in [5, 5.41) is 8.70. The number of ether oxygens (including phenoxy) is 1. The van der Waals surface area contributed by atoms with Gasteiger partial charge in [-0.15, -0.1) is 0 Å². The van der Waals surface area contributed by atoms with E-state index in [1.54, 1.807) is 12.1 Å². The zero-order chi connectivity index (χ0) is 15.0. The zero-order valence-corrected chi connectivity index (χ0v) is 9.52. The Bertz CT molecular complexity index is 534. The van der Waals surface area contributed by atoms with Crippen molar-refractivity contribution in [3.8, 4) is 0 Å².